The van der Waals surface area contributed by atoms with E-state index in [2.05, 4.69) is 52.4 Å². The van der Waals surface area contributed by atoms with E-state index in [1.54, 1.807) is 6.20 Å². The maximum Gasteiger partial charge on any atom is 0.125 e. The zero-order valence-electron chi connectivity index (χ0n) is 24.4. The van der Waals surface area contributed by atoms with Gasteiger partial charge in [-0.15, -0.1) is 0 Å². The fraction of sp³-hybridized carbons (Fsp3) is 0.273. The molecule has 5 aromatic heterocycles. The molecule has 0 radical (unpaired) electrons. The van der Waals surface area contributed by atoms with Crippen LogP contribution >= 0.6 is 0 Å². The molecule has 218 valence electrons. The summed E-state index contributed by atoms with van der Waals surface area (Å²) < 4.78 is 14.7. The third-order valence-electron chi connectivity index (χ3n) is 8.01. The molecule has 1 aliphatic rings. The van der Waals surface area contributed by atoms with E-state index >= 15 is 0 Å². The van der Waals surface area contributed by atoms with Crippen LogP contribution in [0.3, 0.4) is 0 Å². The van der Waals surface area contributed by atoms with Gasteiger partial charge in [0.1, 0.15) is 11.5 Å². The molecule has 7 rings (SSSR count). The summed E-state index contributed by atoms with van der Waals surface area (Å²) in [7, 11) is 4.02. The number of rotatable bonds is 9. The zero-order chi connectivity index (χ0) is 29.3. The summed E-state index contributed by atoms with van der Waals surface area (Å²) in [6.45, 7) is 4.75. The number of halogens is 1. The van der Waals surface area contributed by atoms with Gasteiger partial charge in [0.05, 0.1) is 28.8 Å². The van der Waals surface area contributed by atoms with Gasteiger partial charge < -0.3 is 15.2 Å². The predicted octanol–water partition coefficient (Wildman–Crippen LogP) is 5.94. The van der Waals surface area contributed by atoms with Crippen LogP contribution in [0.15, 0.2) is 67.3 Å². The van der Waals surface area contributed by atoms with Crippen molar-refractivity contribution in [2.24, 2.45) is 0 Å². The fourth-order valence-corrected chi connectivity index (χ4v) is 5.86. The van der Waals surface area contributed by atoms with Gasteiger partial charge in [-0.25, -0.2) is 4.39 Å². The molecule has 1 fully saturated rings. The van der Waals surface area contributed by atoms with Crippen molar-refractivity contribution < 1.29 is 4.39 Å². The maximum absolute atomic E-state index is 14.7. The Balaban J connectivity index is 1.22. The lowest BCUT2D eigenvalue weighted by Gasteiger charge is -2.14. The number of benzene rings is 1. The minimum absolute atomic E-state index is 0.309. The number of nitrogens with zero attached hydrogens (tertiary/aromatic N) is 6. The number of fused-ring (bicyclic) bond motifs is 2. The van der Waals surface area contributed by atoms with E-state index in [1.165, 1.54) is 30.5 Å². The van der Waals surface area contributed by atoms with E-state index in [-0.39, 0.29) is 5.82 Å². The summed E-state index contributed by atoms with van der Waals surface area (Å²) in [4.78, 5) is 21.9. The Morgan fingerprint density at radius 2 is 1.77 bits per heavy atom. The third-order valence-corrected chi connectivity index (χ3v) is 8.01. The highest BCUT2D eigenvalue weighted by Gasteiger charge is 2.17. The number of H-pyrrole nitrogens is 2. The number of hydrogen-bond donors (Lipinski definition) is 3. The largest absolute Gasteiger partial charge is 0.384 e. The molecule has 0 unspecified atom stereocenters. The molecule has 1 aromatic carbocycles. The summed E-state index contributed by atoms with van der Waals surface area (Å²) in [6.07, 6.45) is 9.90. The van der Waals surface area contributed by atoms with E-state index in [4.69, 9.17) is 4.98 Å². The first kappa shape index (κ1) is 27.2. The van der Waals surface area contributed by atoms with Crippen molar-refractivity contribution in [1.82, 2.24) is 39.9 Å². The predicted molar refractivity (Wildman–Crippen MR) is 169 cm³/mol. The highest BCUT2D eigenvalue weighted by molar-refractivity contribution is 6.00. The number of nitrogens with one attached hydrogen (secondary N) is 3. The van der Waals surface area contributed by atoms with E-state index < -0.39 is 0 Å². The summed E-state index contributed by atoms with van der Waals surface area (Å²) in [6, 6.07) is 13.2. The molecule has 43 heavy (non-hydrogen) atoms. The van der Waals surface area contributed by atoms with Crippen LogP contribution in [0.25, 0.3) is 55.7 Å². The average molecular weight is 576 g/mol. The number of likely N-dealkylation sites (tertiary alicyclic amines) is 1. The summed E-state index contributed by atoms with van der Waals surface area (Å²) in [5.41, 5.74) is 8.53. The van der Waals surface area contributed by atoms with Crippen LogP contribution in [0, 0.1) is 5.82 Å². The first-order chi connectivity index (χ1) is 21.0. The molecule has 0 aliphatic carbocycles. The molecule has 6 aromatic rings. The Morgan fingerprint density at radius 1 is 0.907 bits per heavy atom. The van der Waals surface area contributed by atoms with E-state index in [9.17, 15) is 4.39 Å². The second-order valence-electron chi connectivity index (χ2n) is 11.5. The molecule has 9 nitrogen and oxygen atoms in total. The van der Waals surface area contributed by atoms with Crippen molar-refractivity contribution in [3.8, 4) is 33.9 Å². The zero-order valence-corrected chi connectivity index (χ0v) is 24.4. The molecular weight excluding hydrogens is 541 g/mol. The highest BCUT2D eigenvalue weighted by Crippen LogP contribution is 2.35. The number of likely N-dealkylation sites (N-methyl/N-ethyl adjacent to an activating group) is 1. The maximum atomic E-state index is 14.7. The minimum atomic E-state index is -0.309. The normalized spacial score (nSPS) is 14.0. The molecule has 0 bridgehead atoms. The first-order valence-corrected chi connectivity index (χ1v) is 14.7. The molecule has 10 heteroatoms. The number of aromatic amines is 2. The van der Waals surface area contributed by atoms with Crippen LogP contribution in [0.1, 0.15) is 18.4 Å². The molecule has 0 spiro atoms. The number of aromatic nitrogens is 6. The Hall–Kier alpha value is -4.67. The quantitative estimate of drug-likeness (QED) is 0.196. The van der Waals surface area contributed by atoms with E-state index in [0.717, 1.165) is 76.3 Å². The number of hydrogen-bond acceptors (Lipinski definition) is 7. The van der Waals surface area contributed by atoms with Gasteiger partial charge in [-0.2, -0.15) is 5.10 Å². The van der Waals surface area contributed by atoms with Crippen LogP contribution in [-0.2, 0) is 6.54 Å². The lowest BCUT2D eigenvalue weighted by atomic mass is 10.1. The Labute approximate surface area is 249 Å². The SMILES string of the molecule is CN(C)CCNc1cc(F)cc(-c2nccc3[nH]c(-c4n[nH]c5cnc(-c6cncc(CN7CCCC7)c6)cc45)cc23)c1. The van der Waals surface area contributed by atoms with Gasteiger partial charge in [-0.05, 0) is 88.1 Å². The molecule has 6 heterocycles. The minimum Gasteiger partial charge on any atom is -0.384 e. The standard InChI is InChI=1S/C33H34FN9/c1-42(2)10-7-36-25-13-22(12-24(34)14-25)32-26-16-30(39-28(26)5-6-37-32)33-27-15-29(38-19-31(27)40-41-33)23-11-21(17-35-18-23)20-43-8-3-4-9-43/h5-6,11-19,36,39H,3-4,7-10,20H2,1-2H3,(H,40,41). The summed E-state index contributed by atoms with van der Waals surface area (Å²) in [5.74, 6) is -0.309. The highest BCUT2D eigenvalue weighted by atomic mass is 19.1. The van der Waals surface area contributed by atoms with Crippen molar-refractivity contribution in [1.29, 1.82) is 0 Å². The Morgan fingerprint density at radius 3 is 2.63 bits per heavy atom. The van der Waals surface area contributed by atoms with Crippen LogP contribution in [0.5, 0.6) is 0 Å². The van der Waals surface area contributed by atoms with Gasteiger partial charge in [0, 0.05) is 71.3 Å². The monoisotopic (exact) mass is 575 g/mol. The first-order valence-electron chi connectivity index (χ1n) is 14.7. The lowest BCUT2D eigenvalue weighted by molar-refractivity contribution is 0.331. The molecule has 3 N–H and O–H groups in total. The van der Waals surface area contributed by atoms with Gasteiger partial charge in [0.25, 0.3) is 0 Å². The fourth-order valence-electron chi connectivity index (χ4n) is 5.86. The topological polar surface area (TPSA) is 102 Å². The van der Waals surface area contributed by atoms with Gasteiger partial charge >= 0.3 is 0 Å². The number of anilines is 1. The smallest absolute Gasteiger partial charge is 0.125 e. The Bertz CT molecular complexity index is 1900. The van der Waals surface area contributed by atoms with Crippen molar-refractivity contribution >= 4 is 27.5 Å². The van der Waals surface area contributed by atoms with Crippen LogP contribution in [0.2, 0.25) is 0 Å². The van der Waals surface area contributed by atoms with E-state index in [1.807, 2.05) is 50.9 Å². The molecule has 1 aliphatic heterocycles. The third kappa shape index (κ3) is 5.71. The molecular formula is C33H34FN9. The second-order valence-corrected chi connectivity index (χ2v) is 11.5. The average Bonchev–Trinajstić information content (AvgIpc) is 3.76. The lowest BCUT2D eigenvalue weighted by Crippen LogP contribution is -2.20. The van der Waals surface area contributed by atoms with Crippen LogP contribution in [-0.4, -0.2) is 80.2 Å². The van der Waals surface area contributed by atoms with Crippen LogP contribution in [0.4, 0.5) is 10.1 Å². The van der Waals surface area contributed by atoms with Gasteiger partial charge in [0.15, 0.2) is 0 Å². The van der Waals surface area contributed by atoms with Gasteiger partial charge in [-0.3, -0.25) is 25.0 Å². The Kier molecular flexibility index (Phi) is 7.30. The van der Waals surface area contributed by atoms with Crippen molar-refractivity contribution in [2.75, 3.05) is 45.6 Å². The second kappa shape index (κ2) is 11.5. The van der Waals surface area contributed by atoms with Crippen LogP contribution < -0.4 is 5.32 Å². The van der Waals surface area contributed by atoms with E-state index in [0.29, 0.717) is 17.8 Å². The molecule has 0 amide bonds. The van der Waals surface area contributed by atoms with Crippen molar-refractivity contribution in [2.45, 2.75) is 19.4 Å². The number of pyridine rings is 3. The molecule has 0 atom stereocenters. The van der Waals surface area contributed by atoms with Crippen molar-refractivity contribution in [3.05, 3.63) is 78.6 Å². The summed E-state index contributed by atoms with van der Waals surface area (Å²) in [5, 5.41) is 12.9. The van der Waals surface area contributed by atoms with Gasteiger partial charge in [-0.1, -0.05) is 0 Å². The van der Waals surface area contributed by atoms with Crippen molar-refractivity contribution in [3.63, 3.8) is 0 Å². The summed E-state index contributed by atoms with van der Waals surface area (Å²) >= 11 is 0. The molecule has 1 saturated heterocycles. The van der Waals surface area contributed by atoms with Gasteiger partial charge in [0.2, 0.25) is 0 Å². The molecule has 0 saturated carbocycles.